The van der Waals surface area contributed by atoms with Gasteiger partial charge in [-0.25, -0.2) is 4.98 Å². The van der Waals surface area contributed by atoms with Crippen molar-refractivity contribution in [1.82, 2.24) is 4.98 Å². The summed E-state index contributed by atoms with van der Waals surface area (Å²) in [7, 11) is 5.79. The van der Waals surface area contributed by atoms with Crippen molar-refractivity contribution in [1.29, 1.82) is 0 Å². The van der Waals surface area contributed by atoms with Crippen molar-refractivity contribution >= 4 is 34.8 Å². The van der Waals surface area contributed by atoms with Gasteiger partial charge in [0.15, 0.2) is 0 Å². The minimum Gasteiger partial charge on any atom is -0.249 e. The zero-order chi connectivity index (χ0) is 9.14. The first-order chi connectivity index (χ1) is 5.66. The number of rotatable bonds is 1. The van der Waals surface area contributed by atoms with Crippen molar-refractivity contribution in [3.05, 3.63) is 28.5 Å². The van der Waals surface area contributed by atoms with E-state index in [2.05, 4.69) is 20.9 Å². The fourth-order valence-corrected chi connectivity index (χ4v) is 1.64. The summed E-state index contributed by atoms with van der Waals surface area (Å²) in [5.41, 5.74) is 2.87. The number of nitrogens with zero attached hydrogens (tertiary/aromatic N) is 1. The Balaban J connectivity index is 3.31. The molecule has 0 amide bonds. The normalized spacial score (nSPS) is 11.8. The van der Waals surface area contributed by atoms with Crippen LogP contribution >= 0.6 is 15.9 Å². The van der Waals surface area contributed by atoms with Crippen molar-refractivity contribution in [2.24, 2.45) is 0 Å². The summed E-state index contributed by atoms with van der Waals surface area (Å²) in [5.74, 6) is 0. The molecule has 0 bridgehead atoms. The van der Waals surface area contributed by atoms with Crippen molar-refractivity contribution in [3.63, 3.8) is 0 Å². The average molecular weight is 222 g/mol. The first-order valence-electron chi connectivity index (χ1n) is 3.70. The summed E-state index contributed by atoms with van der Waals surface area (Å²) in [6, 6.07) is 1.80. The van der Waals surface area contributed by atoms with Gasteiger partial charge in [-0.15, -0.1) is 0 Å². The topological polar surface area (TPSA) is 12.9 Å². The molecule has 1 nitrogen and oxygen atoms in total. The van der Waals surface area contributed by atoms with Gasteiger partial charge in [0.2, 0.25) is 0 Å². The summed E-state index contributed by atoms with van der Waals surface area (Å²) < 4.78 is 0.804. The Morgan fingerprint density at radius 3 is 2.83 bits per heavy atom. The number of hydrogen-bond acceptors (Lipinski definition) is 1. The van der Waals surface area contributed by atoms with E-state index in [1.54, 1.807) is 12.3 Å². The van der Waals surface area contributed by atoms with Crippen LogP contribution in [0.25, 0.3) is 5.57 Å². The number of pyridine rings is 1. The van der Waals surface area contributed by atoms with E-state index < -0.39 is 0 Å². The molecule has 1 aromatic rings. The summed E-state index contributed by atoms with van der Waals surface area (Å²) in [6.07, 6.45) is 3.70. The van der Waals surface area contributed by atoms with Crippen molar-refractivity contribution in [2.45, 2.75) is 13.8 Å². The van der Waals surface area contributed by atoms with Gasteiger partial charge in [-0.05, 0) is 35.4 Å². The van der Waals surface area contributed by atoms with E-state index in [0.29, 0.717) is 0 Å². The summed E-state index contributed by atoms with van der Waals surface area (Å²) in [6.45, 7) is 3.99. The monoisotopic (exact) mass is 221 g/mol. The third kappa shape index (κ3) is 1.78. The van der Waals surface area contributed by atoms with Crippen LogP contribution in [0.15, 0.2) is 22.9 Å². The predicted octanol–water partition coefficient (Wildman–Crippen LogP) is 2.06. The van der Waals surface area contributed by atoms with Crippen molar-refractivity contribution < 1.29 is 0 Å². The fraction of sp³-hybridized carbons (Fsp3) is 0.222. The molecule has 0 aliphatic heterocycles. The molecule has 0 fully saturated rings. The predicted molar refractivity (Wildman–Crippen MR) is 56.7 cm³/mol. The highest BCUT2D eigenvalue weighted by Crippen LogP contribution is 2.18. The van der Waals surface area contributed by atoms with Crippen LogP contribution in [-0.2, 0) is 0 Å². The molecule has 0 aromatic carbocycles. The Hall–Kier alpha value is -0.565. The van der Waals surface area contributed by atoms with E-state index in [4.69, 9.17) is 7.85 Å². The zero-order valence-corrected chi connectivity index (χ0v) is 8.72. The molecule has 0 atom stereocenters. The van der Waals surface area contributed by atoms with Crippen LogP contribution in [0.5, 0.6) is 0 Å². The van der Waals surface area contributed by atoms with E-state index in [0.717, 1.165) is 21.2 Å². The molecule has 0 unspecified atom stereocenters. The molecule has 0 aliphatic carbocycles. The van der Waals surface area contributed by atoms with Gasteiger partial charge in [0.1, 0.15) is 12.4 Å². The molecule has 12 heavy (non-hydrogen) atoms. The highest BCUT2D eigenvalue weighted by Gasteiger charge is 2.04. The zero-order valence-electron chi connectivity index (χ0n) is 7.13. The quantitative estimate of drug-likeness (QED) is 0.523. The van der Waals surface area contributed by atoms with E-state index >= 15 is 0 Å². The van der Waals surface area contributed by atoms with Gasteiger partial charge >= 0.3 is 0 Å². The third-order valence-corrected chi connectivity index (χ3v) is 2.37. The Kier molecular flexibility index (Phi) is 3.09. The lowest BCUT2D eigenvalue weighted by molar-refractivity contribution is 1.26. The molecule has 1 heterocycles. The molecule has 1 aromatic heterocycles. The lowest BCUT2D eigenvalue weighted by atomic mass is 9.89. The molecule has 0 aliphatic rings. The lowest BCUT2D eigenvalue weighted by Crippen LogP contribution is -2.10. The molecular formula is C9H9BBrN. The minimum atomic E-state index is 0.757. The van der Waals surface area contributed by atoms with Gasteiger partial charge < -0.3 is 0 Å². The molecular weight excluding hydrogens is 213 g/mol. The van der Waals surface area contributed by atoms with E-state index in [1.807, 2.05) is 19.9 Å². The van der Waals surface area contributed by atoms with Crippen LogP contribution in [0.1, 0.15) is 19.4 Å². The highest BCUT2D eigenvalue weighted by atomic mass is 79.9. The van der Waals surface area contributed by atoms with Gasteiger partial charge in [-0.1, -0.05) is 17.6 Å². The Morgan fingerprint density at radius 1 is 1.67 bits per heavy atom. The first kappa shape index (κ1) is 9.52. The van der Waals surface area contributed by atoms with Crippen LogP contribution in [-0.4, -0.2) is 12.8 Å². The fourth-order valence-electron chi connectivity index (χ4n) is 0.985. The Labute approximate surface area is 82.4 Å². The van der Waals surface area contributed by atoms with E-state index in [-0.39, 0.29) is 0 Å². The maximum atomic E-state index is 5.79. The standard InChI is InChI=1S/C9H9BBrN/c1-3-6(2)8-7(10)4-5-12-9(8)11/h3-5H,1-2H3/b6-3+. The van der Waals surface area contributed by atoms with Crippen LogP contribution in [0.4, 0.5) is 0 Å². The maximum Gasteiger partial charge on any atom is 0.114 e. The molecule has 3 heteroatoms. The third-order valence-electron chi connectivity index (χ3n) is 1.76. The molecule has 0 saturated heterocycles. The summed E-state index contributed by atoms with van der Waals surface area (Å²) in [5, 5.41) is 0. The van der Waals surface area contributed by atoms with Crippen LogP contribution in [0.3, 0.4) is 0 Å². The lowest BCUT2D eigenvalue weighted by Gasteiger charge is -2.07. The Bertz CT molecular complexity index is 300. The highest BCUT2D eigenvalue weighted by molar-refractivity contribution is 9.10. The maximum absolute atomic E-state index is 5.79. The van der Waals surface area contributed by atoms with Gasteiger partial charge in [-0.3, -0.25) is 0 Å². The number of hydrogen-bond donors (Lipinski definition) is 0. The average Bonchev–Trinajstić information content (AvgIpc) is 2.03. The molecule has 0 N–H and O–H groups in total. The molecule has 2 radical (unpaired) electrons. The van der Waals surface area contributed by atoms with Gasteiger partial charge in [0, 0.05) is 11.8 Å². The second-order valence-electron chi connectivity index (χ2n) is 2.54. The summed E-state index contributed by atoms with van der Waals surface area (Å²) in [4.78, 5) is 4.10. The van der Waals surface area contributed by atoms with Crippen LogP contribution in [0.2, 0.25) is 0 Å². The molecule has 0 spiro atoms. The molecule has 1 rings (SSSR count). The van der Waals surface area contributed by atoms with Crippen LogP contribution in [0, 0.1) is 0 Å². The Morgan fingerprint density at radius 2 is 2.33 bits per heavy atom. The van der Waals surface area contributed by atoms with E-state index in [1.165, 1.54) is 0 Å². The number of halogens is 1. The molecule has 60 valence electrons. The second-order valence-corrected chi connectivity index (χ2v) is 3.29. The molecule has 0 saturated carbocycles. The largest absolute Gasteiger partial charge is 0.249 e. The number of aromatic nitrogens is 1. The SMILES string of the molecule is [B]c1ccnc(Br)c1/C(C)=C/C. The smallest absolute Gasteiger partial charge is 0.114 e. The van der Waals surface area contributed by atoms with Crippen molar-refractivity contribution in [2.75, 3.05) is 0 Å². The second kappa shape index (κ2) is 3.90. The van der Waals surface area contributed by atoms with E-state index in [9.17, 15) is 0 Å². The first-order valence-corrected chi connectivity index (χ1v) is 4.49. The van der Waals surface area contributed by atoms with Gasteiger partial charge in [0.25, 0.3) is 0 Å². The summed E-state index contributed by atoms with van der Waals surface area (Å²) >= 11 is 3.36. The number of allylic oxidation sites excluding steroid dienone is 2. The van der Waals surface area contributed by atoms with Crippen LogP contribution < -0.4 is 5.46 Å². The van der Waals surface area contributed by atoms with Gasteiger partial charge in [0.05, 0.1) is 0 Å². The minimum absolute atomic E-state index is 0.757. The van der Waals surface area contributed by atoms with Crippen molar-refractivity contribution in [3.8, 4) is 0 Å². The van der Waals surface area contributed by atoms with Gasteiger partial charge in [-0.2, -0.15) is 0 Å².